The third-order valence-corrected chi connectivity index (χ3v) is 5.04. The Kier molecular flexibility index (Phi) is 3.67. The fourth-order valence-electron chi connectivity index (χ4n) is 3.53. The molecule has 2 fully saturated rings. The van der Waals surface area contributed by atoms with Crippen LogP contribution in [0.4, 0.5) is 14.9 Å². The lowest BCUT2D eigenvalue weighted by molar-refractivity contribution is -0.124. The first kappa shape index (κ1) is 15.6. The molecule has 2 aromatic rings. The smallest absolute Gasteiger partial charge is 0.322 e. The minimum atomic E-state index is -0.748. The minimum absolute atomic E-state index is 0.219. The SMILES string of the molecule is O=C1NC(=O)C2(CCN(c3ccc(-c4ccc(F)cc4)cc3)CC2)N1. The zero-order valence-corrected chi connectivity index (χ0v) is 13.6. The molecule has 3 amide bonds. The molecule has 0 aliphatic carbocycles. The molecule has 0 aromatic heterocycles. The minimum Gasteiger partial charge on any atom is -0.371 e. The van der Waals surface area contributed by atoms with Crippen LogP contribution in [0.2, 0.25) is 0 Å². The summed E-state index contributed by atoms with van der Waals surface area (Å²) >= 11 is 0. The maximum absolute atomic E-state index is 13.0. The predicted molar refractivity (Wildman–Crippen MR) is 92.7 cm³/mol. The molecule has 0 saturated carbocycles. The molecular formula is C19H18FN3O2. The summed E-state index contributed by atoms with van der Waals surface area (Å²) in [5.74, 6) is -0.463. The topological polar surface area (TPSA) is 61.4 Å². The van der Waals surface area contributed by atoms with Crippen molar-refractivity contribution in [3.05, 3.63) is 54.3 Å². The Labute approximate surface area is 144 Å². The Morgan fingerprint density at radius 2 is 1.44 bits per heavy atom. The van der Waals surface area contributed by atoms with Gasteiger partial charge in [-0.25, -0.2) is 9.18 Å². The third-order valence-electron chi connectivity index (χ3n) is 5.04. The summed E-state index contributed by atoms with van der Waals surface area (Å²) in [6.45, 7) is 1.40. The lowest BCUT2D eigenvalue weighted by Crippen LogP contribution is -2.54. The molecule has 1 spiro atoms. The van der Waals surface area contributed by atoms with E-state index in [9.17, 15) is 14.0 Å². The maximum Gasteiger partial charge on any atom is 0.322 e. The maximum atomic E-state index is 13.0. The van der Waals surface area contributed by atoms with Crippen LogP contribution in [0.5, 0.6) is 0 Å². The number of carbonyl (C=O) groups is 2. The standard InChI is InChI=1S/C19H18FN3O2/c20-15-5-1-13(2-6-15)14-3-7-16(8-4-14)23-11-9-19(10-12-23)17(24)21-18(25)22-19/h1-8H,9-12H2,(H2,21,22,24,25). The van der Waals surface area contributed by atoms with E-state index in [0.717, 1.165) is 16.8 Å². The Morgan fingerprint density at radius 3 is 1.96 bits per heavy atom. The van der Waals surface area contributed by atoms with Gasteiger partial charge in [0.05, 0.1) is 0 Å². The Bertz CT molecular complexity index is 810. The molecule has 25 heavy (non-hydrogen) atoms. The molecule has 2 N–H and O–H groups in total. The quantitative estimate of drug-likeness (QED) is 0.827. The van der Waals surface area contributed by atoms with Gasteiger partial charge < -0.3 is 10.2 Å². The number of carbonyl (C=O) groups excluding carboxylic acids is 2. The van der Waals surface area contributed by atoms with Gasteiger partial charge in [-0.2, -0.15) is 0 Å². The highest BCUT2D eigenvalue weighted by Gasteiger charge is 2.47. The van der Waals surface area contributed by atoms with Crippen molar-refractivity contribution in [2.75, 3.05) is 18.0 Å². The number of nitrogens with one attached hydrogen (secondary N) is 2. The lowest BCUT2D eigenvalue weighted by atomic mass is 9.87. The Hall–Kier alpha value is -2.89. The van der Waals surface area contributed by atoms with Crippen LogP contribution in [0.15, 0.2) is 48.5 Å². The van der Waals surface area contributed by atoms with Crippen molar-refractivity contribution in [1.82, 2.24) is 10.6 Å². The molecule has 0 bridgehead atoms. The number of urea groups is 1. The molecule has 0 unspecified atom stereocenters. The summed E-state index contributed by atoms with van der Waals surface area (Å²) in [6, 6.07) is 14.1. The van der Waals surface area contributed by atoms with Gasteiger partial charge >= 0.3 is 6.03 Å². The van der Waals surface area contributed by atoms with Crippen LogP contribution < -0.4 is 15.5 Å². The van der Waals surface area contributed by atoms with Gasteiger partial charge in [-0.3, -0.25) is 10.1 Å². The van der Waals surface area contributed by atoms with E-state index in [2.05, 4.69) is 15.5 Å². The van der Waals surface area contributed by atoms with E-state index in [1.807, 2.05) is 24.3 Å². The molecular weight excluding hydrogens is 321 g/mol. The number of nitrogens with zero attached hydrogens (tertiary/aromatic N) is 1. The third kappa shape index (κ3) is 2.84. The van der Waals surface area contributed by atoms with Crippen LogP contribution in [0.1, 0.15) is 12.8 Å². The molecule has 2 heterocycles. The predicted octanol–water partition coefficient (Wildman–Crippen LogP) is 2.67. The van der Waals surface area contributed by atoms with E-state index in [-0.39, 0.29) is 11.7 Å². The van der Waals surface area contributed by atoms with E-state index >= 15 is 0 Å². The van der Waals surface area contributed by atoms with Crippen molar-refractivity contribution < 1.29 is 14.0 Å². The van der Waals surface area contributed by atoms with Crippen LogP contribution >= 0.6 is 0 Å². The van der Waals surface area contributed by atoms with Crippen LogP contribution in [-0.4, -0.2) is 30.6 Å². The molecule has 5 nitrogen and oxygen atoms in total. The fourth-order valence-corrected chi connectivity index (χ4v) is 3.53. The highest BCUT2D eigenvalue weighted by Crippen LogP contribution is 2.30. The zero-order valence-electron chi connectivity index (χ0n) is 13.6. The molecule has 2 aliphatic heterocycles. The van der Waals surface area contributed by atoms with Gasteiger partial charge in [0, 0.05) is 18.8 Å². The first-order chi connectivity index (χ1) is 12.1. The normalized spacial score (nSPS) is 19.0. The molecule has 128 valence electrons. The first-order valence-electron chi connectivity index (χ1n) is 8.30. The molecule has 2 saturated heterocycles. The van der Waals surface area contributed by atoms with Crippen molar-refractivity contribution in [3.8, 4) is 11.1 Å². The number of anilines is 1. The molecule has 0 atom stereocenters. The van der Waals surface area contributed by atoms with Gasteiger partial charge in [0.15, 0.2) is 0 Å². The highest BCUT2D eigenvalue weighted by molar-refractivity contribution is 6.07. The highest BCUT2D eigenvalue weighted by atomic mass is 19.1. The number of piperidine rings is 1. The summed E-state index contributed by atoms with van der Waals surface area (Å²) in [5.41, 5.74) is 2.32. The average molecular weight is 339 g/mol. The van der Waals surface area contributed by atoms with Crippen molar-refractivity contribution in [3.63, 3.8) is 0 Å². The van der Waals surface area contributed by atoms with E-state index < -0.39 is 11.6 Å². The van der Waals surface area contributed by atoms with E-state index in [0.29, 0.717) is 25.9 Å². The largest absolute Gasteiger partial charge is 0.371 e. The summed E-state index contributed by atoms with van der Waals surface area (Å²) < 4.78 is 13.0. The lowest BCUT2D eigenvalue weighted by Gasteiger charge is -2.38. The summed E-state index contributed by atoms with van der Waals surface area (Å²) in [6.07, 6.45) is 1.18. The molecule has 2 aliphatic rings. The van der Waals surface area contributed by atoms with Crippen molar-refractivity contribution in [2.45, 2.75) is 18.4 Å². The van der Waals surface area contributed by atoms with Crippen molar-refractivity contribution in [2.24, 2.45) is 0 Å². The zero-order chi connectivity index (χ0) is 17.4. The number of imide groups is 1. The van der Waals surface area contributed by atoms with Crippen LogP contribution in [-0.2, 0) is 4.79 Å². The second-order valence-corrected chi connectivity index (χ2v) is 6.53. The number of halogens is 1. The molecule has 4 rings (SSSR count). The van der Waals surface area contributed by atoms with Gasteiger partial charge in [0.2, 0.25) is 0 Å². The number of hydrogen-bond acceptors (Lipinski definition) is 3. The average Bonchev–Trinajstić information content (AvgIpc) is 2.90. The summed E-state index contributed by atoms with van der Waals surface area (Å²) in [7, 11) is 0. The van der Waals surface area contributed by atoms with Crippen molar-refractivity contribution >= 4 is 17.6 Å². The monoisotopic (exact) mass is 339 g/mol. The van der Waals surface area contributed by atoms with Gasteiger partial charge in [-0.05, 0) is 48.2 Å². The Balaban J connectivity index is 1.46. The van der Waals surface area contributed by atoms with E-state index in [4.69, 9.17) is 0 Å². The number of benzene rings is 2. The second-order valence-electron chi connectivity index (χ2n) is 6.53. The number of rotatable bonds is 2. The second kappa shape index (κ2) is 5.88. The van der Waals surface area contributed by atoms with Crippen molar-refractivity contribution in [1.29, 1.82) is 0 Å². The number of amides is 3. The van der Waals surface area contributed by atoms with Gasteiger partial charge in [-0.15, -0.1) is 0 Å². The van der Waals surface area contributed by atoms with Gasteiger partial charge in [0.1, 0.15) is 11.4 Å². The van der Waals surface area contributed by atoms with Gasteiger partial charge in [-0.1, -0.05) is 24.3 Å². The summed E-state index contributed by atoms with van der Waals surface area (Å²) in [4.78, 5) is 25.6. The number of hydrogen-bond donors (Lipinski definition) is 2. The molecule has 6 heteroatoms. The first-order valence-corrected chi connectivity index (χ1v) is 8.30. The Morgan fingerprint density at radius 1 is 0.880 bits per heavy atom. The fraction of sp³-hybridized carbons (Fsp3) is 0.263. The molecule has 2 aromatic carbocycles. The summed E-state index contributed by atoms with van der Waals surface area (Å²) in [5, 5.41) is 5.10. The van der Waals surface area contributed by atoms with Crippen LogP contribution in [0, 0.1) is 5.82 Å². The van der Waals surface area contributed by atoms with Crippen LogP contribution in [0.25, 0.3) is 11.1 Å². The molecule has 0 radical (unpaired) electrons. The van der Waals surface area contributed by atoms with Crippen LogP contribution in [0.3, 0.4) is 0 Å². The van der Waals surface area contributed by atoms with Gasteiger partial charge in [0.25, 0.3) is 5.91 Å². The van der Waals surface area contributed by atoms with E-state index in [1.54, 1.807) is 12.1 Å². The van der Waals surface area contributed by atoms with E-state index in [1.165, 1.54) is 12.1 Å².